The van der Waals surface area contributed by atoms with Gasteiger partial charge in [-0.25, -0.2) is 4.79 Å². The molecule has 0 aromatic heterocycles. The molecule has 0 aliphatic rings. The predicted octanol–water partition coefficient (Wildman–Crippen LogP) is 3.39. The monoisotopic (exact) mass is 395 g/mol. The summed E-state index contributed by atoms with van der Waals surface area (Å²) in [7, 11) is 0. The second kappa shape index (κ2) is 9.40. The van der Waals surface area contributed by atoms with Gasteiger partial charge < -0.3 is 14.2 Å². The van der Waals surface area contributed by atoms with Crippen molar-refractivity contribution in [3.63, 3.8) is 0 Å². The van der Waals surface area contributed by atoms with Crippen LogP contribution in [0.3, 0.4) is 0 Å². The highest BCUT2D eigenvalue weighted by Gasteiger charge is 2.20. The van der Waals surface area contributed by atoms with Crippen molar-refractivity contribution in [2.75, 3.05) is 6.61 Å². The number of non-ortho nitro benzene ring substituents is 1. The Morgan fingerprint density at radius 1 is 1.04 bits per heavy atom. The molecule has 0 heterocycles. The average molecular weight is 395 g/mol. The van der Waals surface area contributed by atoms with E-state index in [9.17, 15) is 28.5 Å². The molecular formula is C18H15F2NO7. The molecule has 0 fully saturated rings. The minimum absolute atomic E-state index is 0.104. The Kier molecular flexibility index (Phi) is 6.96. The van der Waals surface area contributed by atoms with E-state index in [1.54, 1.807) is 0 Å². The van der Waals surface area contributed by atoms with E-state index in [4.69, 9.17) is 9.47 Å². The molecular weight excluding hydrogens is 380 g/mol. The topological polar surface area (TPSA) is 105 Å². The van der Waals surface area contributed by atoms with Gasteiger partial charge in [-0.15, -0.1) is 0 Å². The maximum atomic E-state index is 12.2. The van der Waals surface area contributed by atoms with Gasteiger partial charge in [0.25, 0.3) is 5.69 Å². The lowest BCUT2D eigenvalue weighted by Crippen LogP contribution is -2.27. The summed E-state index contributed by atoms with van der Waals surface area (Å²) in [4.78, 5) is 34.0. The van der Waals surface area contributed by atoms with Crippen LogP contribution in [0.25, 0.3) is 0 Å². The number of nitro benzene ring substituents is 1. The molecule has 2 aromatic rings. The van der Waals surface area contributed by atoms with Crippen LogP contribution < -0.4 is 9.47 Å². The van der Waals surface area contributed by atoms with Gasteiger partial charge in [0.1, 0.15) is 11.5 Å². The summed E-state index contributed by atoms with van der Waals surface area (Å²) < 4.78 is 38.5. The Morgan fingerprint density at radius 2 is 1.61 bits per heavy atom. The highest BCUT2D eigenvalue weighted by molar-refractivity contribution is 6.00. The molecule has 0 aliphatic carbocycles. The van der Waals surface area contributed by atoms with E-state index < -0.39 is 36.0 Å². The minimum atomic E-state index is -2.97. The van der Waals surface area contributed by atoms with Gasteiger partial charge in [-0.1, -0.05) is 0 Å². The number of nitrogens with zero attached hydrogens (tertiary/aromatic N) is 1. The molecule has 0 amide bonds. The third-order valence-electron chi connectivity index (χ3n) is 3.45. The Bertz CT molecular complexity index is 838. The van der Waals surface area contributed by atoms with Crippen LogP contribution >= 0.6 is 0 Å². The number of esters is 1. The summed E-state index contributed by atoms with van der Waals surface area (Å²) in [5.41, 5.74) is 0.0253. The number of benzene rings is 2. The number of carbonyl (C=O) groups is 2. The summed E-state index contributed by atoms with van der Waals surface area (Å²) in [6.07, 6.45) is -1.13. The summed E-state index contributed by atoms with van der Waals surface area (Å²) in [6, 6.07) is 10.0. The first-order valence-corrected chi connectivity index (χ1v) is 7.92. The molecule has 0 spiro atoms. The summed E-state index contributed by atoms with van der Waals surface area (Å²) in [6.45, 7) is -2.12. The van der Waals surface area contributed by atoms with Gasteiger partial charge in [0.05, 0.1) is 4.92 Å². The Morgan fingerprint density at radius 3 is 2.14 bits per heavy atom. The van der Waals surface area contributed by atoms with Gasteiger partial charge >= 0.3 is 12.6 Å². The highest BCUT2D eigenvalue weighted by atomic mass is 19.3. The largest absolute Gasteiger partial charge is 0.482 e. The third-order valence-corrected chi connectivity index (χ3v) is 3.45. The minimum Gasteiger partial charge on any atom is -0.482 e. The zero-order chi connectivity index (χ0) is 20.7. The van der Waals surface area contributed by atoms with Crippen molar-refractivity contribution in [3.05, 3.63) is 64.2 Å². The molecule has 0 bridgehead atoms. The average Bonchev–Trinajstić information content (AvgIpc) is 2.66. The Balaban J connectivity index is 1.85. The van der Waals surface area contributed by atoms with Crippen LogP contribution in [-0.2, 0) is 9.53 Å². The van der Waals surface area contributed by atoms with Crippen LogP contribution in [0.15, 0.2) is 48.5 Å². The second-order valence-corrected chi connectivity index (χ2v) is 5.44. The third kappa shape index (κ3) is 6.01. The van der Waals surface area contributed by atoms with Crippen molar-refractivity contribution in [1.29, 1.82) is 0 Å². The second-order valence-electron chi connectivity index (χ2n) is 5.44. The fourth-order valence-corrected chi connectivity index (χ4v) is 2.13. The van der Waals surface area contributed by atoms with E-state index >= 15 is 0 Å². The van der Waals surface area contributed by atoms with E-state index in [1.165, 1.54) is 55.5 Å². The molecule has 2 aromatic carbocycles. The number of ether oxygens (including phenoxy) is 3. The van der Waals surface area contributed by atoms with Crippen molar-refractivity contribution in [1.82, 2.24) is 0 Å². The smallest absolute Gasteiger partial charge is 0.387 e. The molecule has 28 heavy (non-hydrogen) atoms. The maximum Gasteiger partial charge on any atom is 0.387 e. The van der Waals surface area contributed by atoms with Crippen molar-refractivity contribution in [2.45, 2.75) is 19.6 Å². The number of halogens is 2. The lowest BCUT2D eigenvalue weighted by molar-refractivity contribution is -0.384. The predicted molar refractivity (Wildman–Crippen MR) is 91.5 cm³/mol. The summed E-state index contributed by atoms with van der Waals surface area (Å²) >= 11 is 0. The Hall–Kier alpha value is -3.56. The summed E-state index contributed by atoms with van der Waals surface area (Å²) in [5.74, 6) is -1.24. The fraction of sp³-hybridized carbons (Fsp3) is 0.222. The van der Waals surface area contributed by atoms with Crippen molar-refractivity contribution in [3.8, 4) is 11.5 Å². The quantitative estimate of drug-likeness (QED) is 0.277. The lowest BCUT2D eigenvalue weighted by Gasteiger charge is -2.13. The first kappa shape index (κ1) is 20.7. The van der Waals surface area contributed by atoms with Gasteiger partial charge in [0.2, 0.25) is 5.78 Å². The standard InChI is InChI=1S/C18H15F2NO7/c1-11(17(23)12-2-6-15(7-3-12)28-18(19)20)27-16(22)10-26-14-8-4-13(5-9-14)21(24)25/h2-9,11,18H,10H2,1H3/t11-/m1/s1. The van der Waals surface area contributed by atoms with Gasteiger partial charge in [-0.3, -0.25) is 14.9 Å². The highest BCUT2D eigenvalue weighted by Crippen LogP contribution is 2.18. The molecule has 2 rings (SSSR count). The van der Waals surface area contributed by atoms with Crippen molar-refractivity contribution < 1.29 is 37.5 Å². The molecule has 0 saturated heterocycles. The van der Waals surface area contributed by atoms with Gasteiger partial charge in [-0.05, 0) is 43.3 Å². The van der Waals surface area contributed by atoms with E-state index in [0.717, 1.165) is 0 Å². The lowest BCUT2D eigenvalue weighted by atomic mass is 10.1. The van der Waals surface area contributed by atoms with Crippen molar-refractivity contribution >= 4 is 17.4 Å². The zero-order valence-corrected chi connectivity index (χ0v) is 14.5. The fourth-order valence-electron chi connectivity index (χ4n) is 2.13. The number of hydrogen-bond acceptors (Lipinski definition) is 7. The van der Waals surface area contributed by atoms with Crippen LogP contribution in [0.2, 0.25) is 0 Å². The van der Waals surface area contributed by atoms with Crippen molar-refractivity contribution in [2.24, 2.45) is 0 Å². The van der Waals surface area contributed by atoms with E-state index in [1.807, 2.05) is 0 Å². The number of carbonyl (C=O) groups excluding carboxylic acids is 2. The number of Topliss-reactive ketones (excluding diaryl/α,β-unsaturated/α-hetero) is 1. The zero-order valence-electron chi connectivity index (χ0n) is 14.5. The summed E-state index contributed by atoms with van der Waals surface area (Å²) in [5, 5.41) is 10.6. The van der Waals surface area contributed by atoms with Crippen LogP contribution in [0.4, 0.5) is 14.5 Å². The molecule has 0 saturated carbocycles. The maximum absolute atomic E-state index is 12.2. The normalized spacial score (nSPS) is 11.6. The molecule has 0 aliphatic heterocycles. The van der Waals surface area contributed by atoms with E-state index in [0.29, 0.717) is 0 Å². The van der Waals surface area contributed by atoms with Crippen LogP contribution in [0, 0.1) is 10.1 Å². The molecule has 1 atom stereocenters. The number of alkyl halides is 2. The Labute approximate surface area is 157 Å². The SMILES string of the molecule is C[C@@H](OC(=O)COc1ccc([N+](=O)[O-])cc1)C(=O)c1ccc(OC(F)F)cc1. The first-order valence-electron chi connectivity index (χ1n) is 7.92. The number of hydrogen-bond donors (Lipinski definition) is 0. The number of rotatable bonds is 9. The van der Waals surface area contributed by atoms with Crippen LogP contribution in [0.5, 0.6) is 11.5 Å². The molecule has 10 heteroatoms. The number of nitro groups is 1. The molecule has 0 radical (unpaired) electrons. The van der Waals surface area contributed by atoms with E-state index in [2.05, 4.69) is 4.74 Å². The van der Waals surface area contributed by atoms with Crippen LogP contribution in [0.1, 0.15) is 17.3 Å². The number of ketones is 1. The van der Waals surface area contributed by atoms with Crippen LogP contribution in [-0.4, -0.2) is 36.0 Å². The van der Waals surface area contributed by atoms with Gasteiger partial charge in [0.15, 0.2) is 12.7 Å². The van der Waals surface area contributed by atoms with E-state index in [-0.39, 0.29) is 22.7 Å². The molecule has 8 nitrogen and oxygen atoms in total. The first-order chi connectivity index (χ1) is 13.3. The molecule has 0 N–H and O–H groups in total. The molecule has 0 unspecified atom stereocenters. The van der Waals surface area contributed by atoms with Gasteiger partial charge in [0, 0.05) is 17.7 Å². The van der Waals surface area contributed by atoms with Gasteiger partial charge in [-0.2, -0.15) is 8.78 Å². The molecule has 148 valence electrons.